The van der Waals surface area contributed by atoms with Crippen LogP contribution in [-0.4, -0.2) is 29.2 Å². The number of aromatic nitrogens is 2. The Hall–Kier alpha value is -3.32. The number of benzene rings is 2. The number of amides is 1. The Morgan fingerprint density at radius 2 is 1.96 bits per heavy atom. The third kappa shape index (κ3) is 4.32. The predicted molar refractivity (Wildman–Crippen MR) is 106 cm³/mol. The summed E-state index contributed by atoms with van der Waals surface area (Å²) < 4.78 is 10.6. The minimum atomic E-state index is -0.334. The second-order valence-electron chi connectivity index (χ2n) is 6.12. The molecule has 1 amide bonds. The number of halogens is 1. The van der Waals surface area contributed by atoms with E-state index in [2.05, 4.69) is 20.6 Å². The first kappa shape index (κ1) is 18.1. The topological polar surface area (TPSA) is 85.4 Å². The number of carbonyl (C=O) groups is 1. The Kier molecular flexibility index (Phi) is 5.25. The molecule has 3 aromatic rings. The van der Waals surface area contributed by atoms with E-state index >= 15 is 0 Å². The Balaban J connectivity index is 1.36. The summed E-state index contributed by atoms with van der Waals surface area (Å²) in [6, 6.07) is 14.5. The molecule has 4 rings (SSSR count). The standard InChI is InChI=1S/C20H17ClN4O3/c21-14-3-1-2-13(8-14)6-7-22-19-10-16(23-11-24-19)20(26)25-15-4-5-17-18(9-15)28-12-27-17/h1-5,8-11H,6-7,12H2,(H,25,26)(H,22,23,24). The zero-order valence-corrected chi connectivity index (χ0v) is 15.6. The first-order chi connectivity index (χ1) is 13.7. The van der Waals surface area contributed by atoms with Gasteiger partial charge in [-0.15, -0.1) is 0 Å². The van der Waals surface area contributed by atoms with Gasteiger partial charge in [0.2, 0.25) is 6.79 Å². The van der Waals surface area contributed by atoms with Crippen LogP contribution in [0.3, 0.4) is 0 Å². The highest BCUT2D eigenvalue weighted by molar-refractivity contribution is 6.30. The zero-order valence-electron chi connectivity index (χ0n) is 14.8. The number of hydrogen-bond donors (Lipinski definition) is 2. The number of anilines is 2. The fourth-order valence-corrected chi connectivity index (χ4v) is 2.99. The van der Waals surface area contributed by atoms with Crippen LogP contribution in [0.4, 0.5) is 11.5 Å². The molecule has 1 aliphatic rings. The Labute approximate surface area is 166 Å². The van der Waals surface area contributed by atoms with Gasteiger partial charge < -0.3 is 20.1 Å². The second kappa shape index (κ2) is 8.14. The monoisotopic (exact) mass is 396 g/mol. The fraction of sp³-hybridized carbons (Fsp3) is 0.150. The highest BCUT2D eigenvalue weighted by Crippen LogP contribution is 2.34. The molecule has 0 spiro atoms. The number of nitrogens with one attached hydrogen (secondary N) is 2. The summed E-state index contributed by atoms with van der Waals surface area (Å²) in [4.78, 5) is 20.7. The summed E-state index contributed by atoms with van der Waals surface area (Å²) in [6.45, 7) is 0.837. The molecule has 7 nitrogen and oxygen atoms in total. The molecule has 28 heavy (non-hydrogen) atoms. The van der Waals surface area contributed by atoms with Gasteiger partial charge in [-0.2, -0.15) is 0 Å². The summed E-state index contributed by atoms with van der Waals surface area (Å²) in [7, 11) is 0. The summed E-state index contributed by atoms with van der Waals surface area (Å²) in [6.07, 6.45) is 2.14. The van der Waals surface area contributed by atoms with Crippen molar-refractivity contribution in [2.24, 2.45) is 0 Å². The molecule has 0 unspecified atom stereocenters. The van der Waals surface area contributed by atoms with E-state index in [9.17, 15) is 4.79 Å². The van der Waals surface area contributed by atoms with Crippen LogP contribution >= 0.6 is 11.6 Å². The van der Waals surface area contributed by atoms with Crippen LogP contribution in [0.15, 0.2) is 54.9 Å². The lowest BCUT2D eigenvalue weighted by molar-refractivity contribution is 0.102. The Morgan fingerprint density at radius 1 is 1.07 bits per heavy atom. The van der Waals surface area contributed by atoms with Crippen LogP contribution in [0.2, 0.25) is 5.02 Å². The summed E-state index contributed by atoms with van der Waals surface area (Å²) in [5.74, 6) is 1.50. The maximum Gasteiger partial charge on any atom is 0.274 e. The molecular weight excluding hydrogens is 380 g/mol. The van der Waals surface area contributed by atoms with Crippen molar-refractivity contribution < 1.29 is 14.3 Å². The van der Waals surface area contributed by atoms with Gasteiger partial charge in [0, 0.05) is 29.4 Å². The minimum Gasteiger partial charge on any atom is -0.454 e. The van der Waals surface area contributed by atoms with Crippen molar-refractivity contribution in [3.63, 3.8) is 0 Å². The molecule has 0 aliphatic carbocycles. The number of carbonyl (C=O) groups excluding carboxylic acids is 1. The molecule has 0 saturated carbocycles. The maximum atomic E-state index is 12.5. The van der Waals surface area contributed by atoms with Gasteiger partial charge in [0.25, 0.3) is 5.91 Å². The predicted octanol–water partition coefficient (Wildman–Crippen LogP) is 3.77. The summed E-state index contributed by atoms with van der Waals surface area (Å²) >= 11 is 5.99. The number of fused-ring (bicyclic) bond motifs is 1. The fourth-order valence-electron chi connectivity index (χ4n) is 2.77. The van der Waals surface area contributed by atoms with Gasteiger partial charge in [0.15, 0.2) is 11.5 Å². The van der Waals surface area contributed by atoms with Gasteiger partial charge in [-0.3, -0.25) is 4.79 Å². The van der Waals surface area contributed by atoms with Crippen LogP contribution in [0, 0.1) is 0 Å². The van der Waals surface area contributed by atoms with E-state index in [0.717, 1.165) is 12.0 Å². The van der Waals surface area contributed by atoms with E-state index in [0.29, 0.717) is 34.6 Å². The highest BCUT2D eigenvalue weighted by Gasteiger charge is 2.15. The van der Waals surface area contributed by atoms with Gasteiger partial charge in [0.1, 0.15) is 17.8 Å². The van der Waals surface area contributed by atoms with Gasteiger partial charge in [-0.25, -0.2) is 9.97 Å². The van der Waals surface area contributed by atoms with Gasteiger partial charge in [-0.05, 0) is 36.2 Å². The molecule has 142 valence electrons. The molecule has 2 heterocycles. The van der Waals surface area contributed by atoms with E-state index in [1.807, 2.05) is 24.3 Å². The Morgan fingerprint density at radius 3 is 2.86 bits per heavy atom. The van der Waals surface area contributed by atoms with Crippen LogP contribution < -0.4 is 20.1 Å². The number of nitrogens with zero attached hydrogens (tertiary/aromatic N) is 2. The number of rotatable bonds is 6. The molecule has 0 saturated heterocycles. The first-order valence-corrected chi connectivity index (χ1v) is 9.06. The lowest BCUT2D eigenvalue weighted by Gasteiger charge is -2.08. The smallest absolute Gasteiger partial charge is 0.274 e. The third-order valence-corrected chi connectivity index (χ3v) is 4.37. The average molecular weight is 397 g/mol. The van der Waals surface area contributed by atoms with Crippen molar-refractivity contribution in [3.8, 4) is 11.5 Å². The molecule has 0 bridgehead atoms. The van der Waals surface area contributed by atoms with E-state index in [-0.39, 0.29) is 18.4 Å². The first-order valence-electron chi connectivity index (χ1n) is 8.69. The van der Waals surface area contributed by atoms with E-state index in [1.54, 1.807) is 24.3 Å². The third-order valence-electron chi connectivity index (χ3n) is 4.14. The van der Waals surface area contributed by atoms with E-state index in [1.165, 1.54) is 6.33 Å². The van der Waals surface area contributed by atoms with Crippen LogP contribution in [-0.2, 0) is 6.42 Å². The van der Waals surface area contributed by atoms with Crippen molar-refractivity contribution in [1.29, 1.82) is 0 Å². The van der Waals surface area contributed by atoms with E-state index in [4.69, 9.17) is 21.1 Å². The molecule has 0 radical (unpaired) electrons. The molecule has 1 aliphatic heterocycles. The van der Waals surface area contributed by atoms with E-state index < -0.39 is 0 Å². The lowest BCUT2D eigenvalue weighted by Crippen LogP contribution is -2.15. The van der Waals surface area contributed by atoms with Crippen molar-refractivity contribution >= 4 is 29.0 Å². The Bertz CT molecular complexity index is 1010. The second-order valence-corrected chi connectivity index (χ2v) is 6.55. The van der Waals surface area contributed by atoms with Crippen LogP contribution in [0.25, 0.3) is 0 Å². The molecule has 8 heteroatoms. The highest BCUT2D eigenvalue weighted by atomic mass is 35.5. The van der Waals surface area contributed by atoms with Crippen molar-refractivity contribution in [3.05, 3.63) is 71.1 Å². The lowest BCUT2D eigenvalue weighted by atomic mass is 10.1. The quantitative estimate of drug-likeness (QED) is 0.659. The molecule has 1 aromatic heterocycles. The SMILES string of the molecule is O=C(Nc1ccc2c(c1)OCO2)c1cc(NCCc2cccc(Cl)c2)ncn1. The van der Waals surface area contributed by atoms with Gasteiger partial charge >= 0.3 is 0 Å². The van der Waals surface area contributed by atoms with Crippen LogP contribution in [0.5, 0.6) is 11.5 Å². The summed E-state index contributed by atoms with van der Waals surface area (Å²) in [5, 5.41) is 6.70. The summed E-state index contributed by atoms with van der Waals surface area (Å²) in [5.41, 5.74) is 1.98. The van der Waals surface area contributed by atoms with Gasteiger partial charge in [0.05, 0.1) is 0 Å². The van der Waals surface area contributed by atoms with Crippen molar-refractivity contribution in [1.82, 2.24) is 9.97 Å². The molecule has 2 aromatic carbocycles. The molecule has 2 N–H and O–H groups in total. The van der Waals surface area contributed by atoms with Crippen LogP contribution in [0.1, 0.15) is 16.1 Å². The van der Waals surface area contributed by atoms with Gasteiger partial charge in [-0.1, -0.05) is 23.7 Å². The van der Waals surface area contributed by atoms with Crippen molar-refractivity contribution in [2.75, 3.05) is 24.0 Å². The van der Waals surface area contributed by atoms with Crippen molar-refractivity contribution in [2.45, 2.75) is 6.42 Å². The molecular formula is C20H17ClN4O3. The number of hydrogen-bond acceptors (Lipinski definition) is 6. The normalized spacial score (nSPS) is 11.9. The average Bonchev–Trinajstić information content (AvgIpc) is 3.16. The molecule has 0 fully saturated rings. The number of ether oxygens (including phenoxy) is 2. The largest absolute Gasteiger partial charge is 0.454 e. The zero-order chi connectivity index (χ0) is 19.3. The maximum absolute atomic E-state index is 12.5. The minimum absolute atomic E-state index is 0.183. The molecule has 0 atom stereocenters.